The molecule has 0 saturated carbocycles. The van der Waals surface area contributed by atoms with E-state index in [9.17, 15) is 9.59 Å². The summed E-state index contributed by atoms with van der Waals surface area (Å²) >= 11 is 0. The maximum absolute atomic E-state index is 11.2. The van der Waals surface area contributed by atoms with Gasteiger partial charge in [0, 0.05) is 19.0 Å². The fraction of sp³-hybridized carbons (Fsp3) is 0.750. The standard InChI is InChI=1S/C8H13NO3/c1-5-7(8(11)12)6(10)3-4-9(5)2/h5,7H,3-4H2,1-2H3,(H,11,12). The second-order valence-corrected chi connectivity index (χ2v) is 3.25. The zero-order valence-corrected chi connectivity index (χ0v) is 7.28. The predicted octanol–water partition coefficient (Wildman–Crippen LogP) is -0.0197. The van der Waals surface area contributed by atoms with E-state index in [-0.39, 0.29) is 11.8 Å². The zero-order chi connectivity index (χ0) is 9.30. The average Bonchev–Trinajstić information content (AvgIpc) is 1.97. The topological polar surface area (TPSA) is 57.6 Å². The second kappa shape index (κ2) is 3.23. The highest BCUT2D eigenvalue weighted by atomic mass is 16.4. The zero-order valence-electron chi connectivity index (χ0n) is 7.28. The number of likely N-dealkylation sites (tertiary alicyclic amines) is 1. The Morgan fingerprint density at radius 1 is 1.67 bits per heavy atom. The number of Topliss-reactive ketones (excluding diaryl/α,β-unsaturated/α-hetero) is 1. The minimum atomic E-state index is -1.00. The number of carboxylic acid groups (broad SMARTS) is 1. The second-order valence-electron chi connectivity index (χ2n) is 3.25. The van der Waals surface area contributed by atoms with Crippen molar-refractivity contribution in [2.75, 3.05) is 13.6 Å². The van der Waals surface area contributed by atoms with Crippen molar-refractivity contribution in [3.8, 4) is 0 Å². The van der Waals surface area contributed by atoms with Gasteiger partial charge in [-0.3, -0.25) is 9.59 Å². The molecule has 1 aliphatic rings. The number of hydrogen-bond donors (Lipinski definition) is 1. The molecule has 12 heavy (non-hydrogen) atoms. The summed E-state index contributed by atoms with van der Waals surface area (Å²) in [6.07, 6.45) is 0.359. The van der Waals surface area contributed by atoms with Crippen LogP contribution in [0.1, 0.15) is 13.3 Å². The fourth-order valence-electron chi connectivity index (χ4n) is 1.51. The first-order chi connectivity index (χ1) is 5.54. The van der Waals surface area contributed by atoms with Crippen molar-refractivity contribution in [3.63, 3.8) is 0 Å². The Bertz CT molecular complexity index is 214. The Hall–Kier alpha value is -0.900. The van der Waals surface area contributed by atoms with E-state index in [4.69, 9.17) is 5.11 Å². The van der Waals surface area contributed by atoms with Crippen LogP contribution in [0, 0.1) is 5.92 Å². The van der Waals surface area contributed by atoms with Gasteiger partial charge in [0.25, 0.3) is 0 Å². The molecule has 4 heteroatoms. The van der Waals surface area contributed by atoms with Crippen LogP contribution in [-0.4, -0.2) is 41.4 Å². The molecule has 0 bridgehead atoms. The summed E-state index contributed by atoms with van der Waals surface area (Å²) in [7, 11) is 1.84. The summed E-state index contributed by atoms with van der Waals surface area (Å²) in [5, 5.41) is 8.75. The Kier molecular flexibility index (Phi) is 2.47. The highest BCUT2D eigenvalue weighted by molar-refractivity contribution is 5.99. The number of nitrogens with zero attached hydrogens (tertiary/aromatic N) is 1. The highest BCUT2D eigenvalue weighted by Gasteiger charge is 2.37. The number of carboxylic acids is 1. The lowest BCUT2D eigenvalue weighted by Crippen LogP contribution is -2.48. The first-order valence-corrected chi connectivity index (χ1v) is 4.00. The van der Waals surface area contributed by atoms with Crippen molar-refractivity contribution in [1.29, 1.82) is 0 Å². The fourth-order valence-corrected chi connectivity index (χ4v) is 1.51. The van der Waals surface area contributed by atoms with Crippen molar-refractivity contribution in [3.05, 3.63) is 0 Å². The van der Waals surface area contributed by atoms with Crippen molar-refractivity contribution in [2.24, 2.45) is 5.92 Å². The summed E-state index contributed by atoms with van der Waals surface area (Å²) in [6.45, 7) is 2.44. The van der Waals surface area contributed by atoms with Crippen LogP contribution in [0.3, 0.4) is 0 Å². The smallest absolute Gasteiger partial charge is 0.315 e. The Morgan fingerprint density at radius 2 is 2.25 bits per heavy atom. The highest BCUT2D eigenvalue weighted by Crippen LogP contribution is 2.18. The molecule has 0 aromatic carbocycles. The van der Waals surface area contributed by atoms with Crippen LogP contribution >= 0.6 is 0 Å². The Labute approximate surface area is 71.2 Å². The molecule has 1 N–H and O–H groups in total. The van der Waals surface area contributed by atoms with Crippen LogP contribution in [0.4, 0.5) is 0 Å². The quantitative estimate of drug-likeness (QED) is 0.563. The third kappa shape index (κ3) is 1.48. The van der Waals surface area contributed by atoms with E-state index in [1.54, 1.807) is 6.92 Å². The number of rotatable bonds is 1. The van der Waals surface area contributed by atoms with Crippen LogP contribution < -0.4 is 0 Å². The largest absolute Gasteiger partial charge is 0.481 e. The van der Waals surface area contributed by atoms with Gasteiger partial charge in [-0.15, -0.1) is 0 Å². The SMILES string of the molecule is CC1C(C(=O)O)C(=O)CCN1C. The molecule has 2 unspecified atom stereocenters. The minimum absolute atomic E-state index is 0.145. The number of aliphatic carboxylic acids is 1. The van der Waals surface area contributed by atoms with Crippen LogP contribution in [-0.2, 0) is 9.59 Å². The van der Waals surface area contributed by atoms with Gasteiger partial charge in [-0.2, -0.15) is 0 Å². The van der Waals surface area contributed by atoms with Crippen molar-refractivity contribution in [1.82, 2.24) is 4.90 Å². The third-order valence-electron chi connectivity index (χ3n) is 2.50. The normalized spacial score (nSPS) is 32.0. The van der Waals surface area contributed by atoms with Crippen molar-refractivity contribution >= 4 is 11.8 Å². The van der Waals surface area contributed by atoms with E-state index in [1.165, 1.54) is 0 Å². The molecule has 4 nitrogen and oxygen atoms in total. The molecule has 0 aromatic heterocycles. The van der Waals surface area contributed by atoms with E-state index < -0.39 is 11.9 Å². The molecule has 1 rings (SSSR count). The van der Waals surface area contributed by atoms with E-state index in [1.807, 2.05) is 11.9 Å². The van der Waals surface area contributed by atoms with E-state index >= 15 is 0 Å². The average molecular weight is 171 g/mol. The third-order valence-corrected chi connectivity index (χ3v) is 2.50. The van der Waals surface area contributed by atoms with Crippen LogP contribution in [0.2, 0.25) is 0 Å². The summed E-state index contributed by atoms with van der Waals surface area (Å²) < 4.78 is 0. The van der Waals surface area contributed by atoms with Gasteiger partial charge in [0.05, 0.1) is 0 Å². The van der Waals surface area contributed by atoms with Crippen molar-refractivity contribution < 1.29 is 14.7 Å². The van der Waals surface area contributed by atoms with E-state index in [0.29, 0.717) is 13.0 Å². The Morgan fingerprint density at radius 3 is 2.67 bits per heavy atom. The van der Waals surface area contributed by atoms with Gasteiger partial charge >= 0.3 is 5.97 Å². The van der Waals surface area contributed by atoms with Gasteiger partial charge < -0.3 is 10.0 Å². The first kappa shape index (κ1) is 9.19. The number of piperidine rings is 1. The maximum Gasteiger partial charge on any atom is 0.315 e. The van der Waals surface area contributed by atoms with Crippen LogP contribution in [0.25, 0.3) is 0 Å². The molecule has 2 atom stereocenters. The molecule has 1 heterocycles. The summed E-state index contributed by atoms with van der Waals surface area (Å²) in [4.78, 5) is 23.8. The lowest BCUT2D eigenvalue weighted by Gasteiger charge is -2.33. The van der Waals surface area contributed by atoms with Gasteiger partial charge in [-0.1, -0.05) is 0 Å². The van der Waals surface area contributed by atoms with Gasteiger partial charge in [0.2, 0.25) is 0 Å². The summed E-state index contributed by atoms with van der Waals surface area (Å²) in [5.41, 5.74) is 0. The number of carbonyl (C=O) groups is 2. The molecule has 0 aliphatic carbocycles. The van der Waals surface area contributed by atoms with Gasteiger partial charge in [-0.25, -0.2) is 0 Å². The monoisotopic (exact) mass is 171 g/mol. The molecule has 1 aliphatic heterocycles. The molecule has 0 amide bonds. The molecule has 1 saturated heterocycles. The molecular formula is C8H13NO3. The minimum Gasteiger partial charge on any atom is -0.481 e. The summed E-state index contributed by atoms with van der Waals surface area (Å²) in [5.74, 6) is -1.98. The maximum atomic E-state index is 11.2. The molecule has 0 aromatic rings. The van der Waals surface area contributed by atoms with Crippen LogP contribution in [0.15, 0.2) is 0 Å². The van der Waals surface area contributed by atoms with E-state index in [2.05, 4.69) is 0 Å². The predicted molar refractivity (Wildman–Crippen MR) is 42.8 cm³/mol. The lowest BCUT2D eigenvalue weighted by atomic mass is 9.89. The molecular weight excluding hydrogens is 158 g/mol. The molecule has 68 valence electrons. The molecule has 1 fully saturated rings. The Balaban J connectivity index is 2.78. The molecule has 0 spiro atoms. The van der Waals surface area contributed by atoms with Crippen molar-refractivity contribution in [2.45, 2.75) is 19.4 Å². The lowest BCUT2D eigenvalue weighted by molar-refractivity contribution is -0.151. The summed E-state index contributed by atoms with van der Waals surface area (Å²) in [6, 6.07) is -0.177. The van der Waals surface area contributed by atoms with E-state index in [0.717, 1.165) is 0 Å². The van der Waals surface area contributed by atoms with Gasteiger partial charge in [0.15, 0.2) is 0 Å². The van der Waals surface area contributed by atoms with Gasteiger partial charge in [0.1, 0.15) is 11.7 Å². The van der Waals surface area contributed by atoms with Gasteiger partial charge in [-0.05, 0) is 14.0 Å². The number of hydrogen-bond acceptors (Lipinski definition) is 3. The van der Waals surface area contributed by atoms with Crippen LogP contribution in [0.5, 0.6) is 0 Å². The molecule has 0 radical (unpaired) electrons. The number of carbonyl (C=O) groups excluding carboxylic acids is 1. The number of ketones is 1. The first-order valence-electron chi connectivity index (χ1n) is 4.00.